The van der Waals surface area contributed by atoms with Gasteiger partial charge in [-0.15, -0.1) is 0 Å². The van der Waals surface area contributed by atoms with Gasteiger partial charge in [-0.2, -0.15) is 5.10 Å². The molecule has 1 saturated carbocycles. The number of hydrazone groups is 1. The maximum Gasteiger partial charge on any atom is 0.301 e. The SMILES string of the molecule is O=[N+]([O-])c1ccc(NN=Cc2cc(C3CCCCC3)cc(Cl)c2O)c([N+](=O)[O-])c1. The first-order valence-electron chi connectivity index (χ1n) is 9.11. The minimum absolute atomic E-state index is 0.00845. The summed E-state index contributed by atoms with van der Waals surface area (Å²) in [5.41, 5.74) is 3.04. The van der Waals surface area contributed by atoms with Gasteiger partial charge in [0.05, 0.1) is 27.2 Å². The number of halogens is 1. The summed E-state index contributed by atoms with van der Waals surface area (Å²) in [5.74, 6) is 0.243. The number of hydrogen-bond donors (Lipinski definition) is 2. The zero-order valence-corrected chi connectivity index (χ0v) is 16.1. The van der Waals surface area contributed by atoms with Crippen molar-refractivity contribution in [3.8, 4) is 5.75 Å². The largest absolute Gasteiger partial charge is 0.506 e. The zero-order chi connectivity index (χ0) is 21.0. The fourth-order valence-corrected chi connectivity index (χ4v) is 3.70. The fourth-order valence-electron chi connectivity index (χ4n) is 3.46. The van der Waals surface area contributed by atoms with Gasteiger partial charge >= 0.3 is 5.69 Å². The number of phenols is 1. The van der Waals surface area contributed by atoms with Gasteiger partial charge in [-0.1, -0.05) is 30.9 Å². The first-order valence-corrected chi connectivity index (χ1v) is 9.49. The molecule has 1 fully saturated rings. The van der Waals surface area contributed by atoms with Gasteiger partial charge < -0.3 is 5.11 Å². The van der Waals surface area contributed by atoms with Crippen LogP contribution in [0.25, 0.3) is 0 Å². The van der Waals surface area contributed by atoms with Crippen LogP contribution in [-0.4, -0.2) is 21.2 Å². The van der Waals surface area contributed by atoms with E-state index in [1.807, 2.05) is 6.07 Å². The van der Waals surface area contributed by atoms with E-state index in [1.165, 1.54) is 18.7 Å². The van der Waals surface area contributed by atoms with Gasteiger partial charge in [0.15, 0.2) is 0 Å². The highest BCUT2D eigenvalue weighted by Gasteiger charge is 2.20. The Hall–Kier alpha value is -3.20. The minimum Gasteiger partial charge on any atom is -0.506 e. The number of anilines is 1. The van der Waals surface area contributed by atoms with Crippen molar-refractivity contribution in [2.45, 2.75) is 38.0 Å². The highest BCUT2D eigenvalue weighted by atomic mass is 35.5. The van der Waals surface area contributed by atoms with Crippen molar-refractivity contribution >= 4 is 34.9 Å². The topological polar surface area (TPSA) is 131 Å². The summed E-state index contributed by atoms with van der Waals surface area (Å²) in [6.07, 6.45) is 6.96. The molecule has 0 spiro atoms. The Bertz CT molecular complexity index is 973. The Morgan fingerprint density at radius 3 is 2.48 bits per heavy atom. The van der Waals surface area contributed by atoms with Crippen LogP contribution in [0.1, 0.15) is 49.1 Å². The number of rotatable bonds is 6. The van der Waals surface area contributed by atoms with Crippen LogP contribution in [0, 0.1) is 20.2 Å². The van der Waals surface area contributed by atoms with Crippen molar-refractivity contribution in [1.29, 1.82) is 0 Å². The summed E-state index contributed by atoms with van der Waals surface area (Å²) >= 11 is 6.16. The molecule has 1 aliphatic carbocycles. The lowest BCUT2D eigenvalue weighted by atomic mass is 9.83. The van der Waals surface area contributed by atoms with Crippen LogP contribution in [0.3, 0.4) is 0 Å². The maximum atomic E-state index is 11.2. The van der Waals surface area contributed by atoms with E-state index >= 15 is 0 Å². The maximum absolute atomic E-state index is 11.2. The van der Waals surface area contributed by atoms with Crippen molar-refractivity contribution in [2.75, 3.05) is 5.43 Å². The van der Waals surface area contributed by atoms with Crippen LogP contribution in [0.15, 0.2) is 35.4 Å². The lowest BCUT2D eigenvalue weighted by molar-refractivity contribution is -0.393. The molecule has 9 nitrogen and oxygen atoms in total. The quantitative estimate of drug-likeness (QED) is 0.369. The van der Waals surface area contributed by atoms with Gasteiger partial charge in [0.1, 0.15) is 11.4 Å². The second kappa shape index (κ2) is 8.87. The molecule has 0 saturated heterocycles. The summed E-state index contributed by atoms with van der Waals surface area (Å²) in [6.45, 7) is 0. The summed E-state index contributed by atoms with van der Waals surface area (Å²) in [7, 11) is 0. The molecule has 0 aromatic heterocycles. The van der Waals surface area contributed by atoms with E-state index in [2.05, 4.69) is 10.5 Å². The van der Waals surface area contributed by atoms with Crippen molar-refractivity contribution in [3.63, 3.8) is 0 Å². The second-order valence-electron chi connectivity index (χ2n) is 6.86. The van der Waals surface area contributed by atoms with E-state index < -0.39 is 21.2 Å². The van der Waals surface area contributed by atoms with Crippen LogP contribution in [-0.2, 0) is 0 Å². The van der Waals surface area contributed by atoms with Gasteiger partial charge in [0.25, 0.3) is 5.69 Å². The third-order valence-electron chi connectivity index (χ3n) is 4.97. The van der Waals surface area contributed by atoms with Gasteiger partial charge in [-0.05, 0) is 42.5 Å². The number of hydrogen-bond acceptors (Lipinski definition) is 7. The average Bonchev–Trinajstić information content (AvgIpc) is 2.71. The van der Waals surface area contributed by atoms with Crippen molar-refractivity contribution in [2.24, 2.45) is 5.10 Å². The van der Waals surface area contributed by atoms with Gasteiger partial charge in [0.2, 0.25) is 0 Å². The minimum atomic E-state index is -0.733. The van der Waals surface area contributed by atoms with E-state index in [0.29, 0.717) is 11.5 Å². The van der Waals surface area contributed by atoms with E-state index in [-0.39, 0.29) is 16.5 Å². The smallest absolute Gasteiger partial charge is 0.301 e. The number of nitro benzene ring substituents is 2. The van der Waals surface area contributed by atoms with Crippen LogP contribution < -0.4 is 5.43 Å². The lowest BCUT2D eigenvalue weighted by Crippen LogP contribution is -2.05. The molecule has 0 aliphatic heterocycles. The molecule has 0 bridgehead atoms. The monoisotopic (exact) mass is 418 g/mol. The first-order chi connectivity index (χ1) is 13.9. The zero-order valence-electron chi connectivity index (χ0n) is 15.4. The van der Waals surface area contributed by atoms with Crippen molar-refractivity contribution in [3.05, 3.63) is 66.7 Å². The molecule has 3 rings (SSSR count). The second-order valence-corrected chi connectivity index (χ2v) is 7.27. The van der Waals surface area contributed by atoms with Crippen LogP contribution in [0.5, 0.6) is 5.75 Å². The Balaban J connectivity index is 1.84. The van der Waals surface area contributed by atoms with E-state index in [4.69, 9.17) is 11.6 Å². The number of aromatic hydroxyl groups is 1. The first kappa shape index (κ1) is 20.5. The third kappa shape index (κ3) is 4.80. The molecule has 152 valence electrons. The molecule has 0 radical (unpaired) electrons. The molecule has 2 aromatic rings. The third-order valence-corrected chi connectivity index (χ3v) is 5.26. The van der Waals surface area contributed by atoms with E-state index in [0.717, 1.165) is 43.4 Å². The number of nitrogens with one attached hydrogen (secondary N) is 1. The number of non-ortho nitro benzene ring substituents is 1. The summed E-state index contributed by atoms with van der Waals surface area (Å²) in [5, 5.41) is 36.4. The van der Waals surface area contributed by atoms with Gasteiger partial charge in [-0.25, -0.2) is 0 Å². The number of nitrogens with zero attached hydrogens (tertiary/aromatic N) is 3. The van der Waals surface area contributed by atoms with Crippen LogP contribution in [0.2, 0.25) is 5.02 Å². The summed E-state index contributed by atoms with van der Waals surface area (Å²) in [4.78, 5) is 20.5. The Morgan fingerprint density at radius 2 is 1.83 bits per heavy atom. The van der Waals surface area contributed by atoms with E-state index in [1.54, 1.807) is 6.07 Å². The van der Waals surface area contributed by atoms with Crippen molar-refractivity contribution in [1.82, 2.24) is 0 Å². The Morgan fingerprint density at radius 1 is 1.10 bits per heavy atom. The summed E-state index contributed by atoms with van der Waals surface area (Å²) in [6, 6.07) is 6.78. The normalized spacial score (nSPS) is 14.8. The Labute approximate surface area is 171 Å². The molecule has 29 heavy (non-hydrogen) atoms. The predicted molar refractivity (Wildman–Crippen MR) is 110 cm³/mol. The molecule has 0 amide bonds. The number of benzene rings is 2. The molecule has 2 aromatic carbocycles. The highest BCUT2D eigenvalue weighted by molar-refractivity contribution is 6.32. The standard InChI is InChI=1S/C19H19ClN4O5/c20-16-9-13(12-4-2-1-3-5-12)8-14(19(16)25)11-21-22-17-7-6-15(23(26)27)10-18(17)24(28)29/h6-12,22,25H,1-5H2. The average molecular weight is 419 g/mol. The molecular formula is C19H19ClN4O5. The van der Waals surface area contributed by atoms with Crippen LogP contribution in [0.4, 0.5) is 17.1 Å². The Kier molecular flexibility index (Phi) is 6.28. The number of nitro groups is 2. The molecule has 0 unspecified atom stereocenters. The molecule has 1 aliphatic rings. The molecule has 2 N–H and O–H groups in total. The highest BCUT2D eigenvalue weighted by Crippen LogP contribution is 2.37. The van der Waals surface area contributed by atoms with Gasteiger partial charge in [-0.3, -0.25) is 25.7 Å². The predicted octanol–water partition coefficient (Wildman–Crippen LogP) is 5.36. The molecule has 0 atom stereocenters. The van der Waals surface area contributed by atoms with Gasteiger partial charge in [0, 0.05) is 11.6 Å². The lowest BCUT2D eigenvalue weighted by Gasteiger charge is -2.22. The molecular weight excluding hydrogens is 400 g/mol. The fraction of sp³-hybridized carbons (Fsp3) is 0.316. The summed E-state index contributed by atoms with van der Waals surface area (Å²) < 4.78 is 0. The van der Waals surface area contributed by atoms with E-state index in [9.17, 15) is 25.3 Å². The molecule has 10 heteroatoms. The van der Waals surface area contributed by atoms with Crippen molar-refractivity contribution < 1.29 is 15.0 Å². The number of phenolic OH excluding ortho intramolecular Hbond substituents is 1. The molecule has 0 heterocycles. The van der Waals surface area contributed by atoms with Crippen LogP contribution >= 0.6 is 11.6 Å².